The van der Waals surface area contributed by atoms with Gasteiger partial charge >= 0.3 is 0 Å². The number of nitrogens with zero attached hydrogens (tertiary/aromatic N) is 5. The highest BCUT2D eigenvalue weighted by molar-refractivity contribution is 5.79. The molecule has 1 heterocycles. The monoisotopic (exact) mass is 346 g/mol. The second kappa shape index (κ2) is 8.36. The van der Waals surface area contributed by atoms with Gasteiger partial charge in [-0.15, -0.1) is 10.2 Å². The standard InChI is InChI=1S/C17H26N6O2/c1-12-20-21-16(23(12)4)10-19-17(18-2)22(3)11-13-7-8-14(24-5)9-15(13)25-6/h7-9H,10-11H2,1-6H3,(H,18,19). The lowest BCUT2D eigenvalue weighted by molar-refractivity contribution is 0.382. The molecule has 25 heavy (non-hydrogen) atoms. The van der Waals surface area contributed by atoms with E-state index in [0.29, 0.717) is 13.1 Å². The lowest BCUT2D eigenvalue weighted by Crippen LogP contribution is -2.38. The van der Waals surface area contributed by atoms with E-state index in [1.54, 1.807) is 21.3 Å². The normalized spacial score (nSPS) is 11.4. The SMILES string of the molecule is CN=C(NCc1nnc(C)n1C)N(C)Cc1ccc(OC)cc1OC. The predicted molar refractivity (Wildman–Crippen MR) is 97.0 cm³/mol. The van der Waals surface area contributed by atoms with Crippen LogP contribution in [0.1, 0.15) is 17.2 Å². The van der Waals surface area contributed by atoms with Crippen molar-refractivity contribution in [2.75, 3.05) is 28.3 Å². The molecule has 0 spiro atoms. The van der Waals surface area contributed by atoms with Gasteiger partial charge in [0.15, 0.2) is 11.8 Å². The summed E-state index contributed by atoms with van der Waals surface area (Å²) >= 11 is 0. The number of rotatable bonds is 6. The number of aliphatic imine (C=N–C) groups is 1. The summed E-state index contributed by atoms with van der Waals surface area (Å²) in [7, 11) is 8.97. The Balaban J connectivity index is 2.05. The fourth-order valence-corrected chi connectivity index (χ4v) is 2.46. The Morgan fingerprint density at radius 1 is 1.28 bits per heavy atom. The van der Waals surface area contributed by atoms with Gasteiger partial charge in [-0.2, -0.15) is 0 Å². The lowest BCUT2D eigenvalue weighted by atomic mass is 10.2. The molecule has 0 aliphatic carbocycles. The van der Waals surface area contributed by atoms with Gasteiger partial charge in [-0.25, -0.2) is 0 Å². The maximum absolute atomic E-state index is 5.46. The first-order chi connectivity index (χ1) is 12.0. The summed E-state index contributed by atoms with van der Waals surface area (Å²) in [4.78, 5) is 6.35. The van der Waals surface area contributed by atoms with Crippen molar-refractivity contribution in [3.8, 4) is 11.5 Å². The summed E-state index contributed by atoms with van der Waals surface area (Å²) in [5.74, 6) is 4.05. The van der Waals surface area contributed by atoms with Crippen molar-refractivity contribution >= 4 is 5.96 Å². The van der Waals surface area contributed by atoms with Crippen molar-refractivity contribution in [3.05, 3.63) is 35.4 Å². The fraction of sp³-hybridized carbons (Fsp3) is 0.471. The number of methoxy groups -OCH3 is 2. The molecule has 1 aromatic heterocycles. The topological polar surface area (TPSA) is 76.8 Å². The average molecular weight is 346 g/mol. The van der Waals surface area contributed by atoms with Gasteiger partial charge in [-0.3, -0.25) is 4.99 Å². The summed E-state index contributed by atoms with van der Waals surface area (Å²) in [5, 5.41) is 11.5. The van der Waals surface area contributed by atoms with Crippen LogP contribution in [0.25, 0.3) is 0 Å². The number of aromatic nitrogens is 3. The van der Waals surface area contributed by atoms with Gasteiger partial charge < -0.3 is 24.3 Å². The Kier molecular flexibility index (Phi) is 6.21. The number of hydrogen-bond acceptors (Lipinski definition) is 5. The van der Waals surface area contributed by atoms with Crippen LogP contribution in [0.2, 0.25) is 0 Å². The van der Waals surface area contributed by atoms with E-state index in [2.05, 4.69) is 20.5 Å². The van der Waals surface area contributed by atoms with E-state index in [9.17, 15) is 0 Å². The van der Waals surface area contributed by atoms with Crippen LogP contribution in [-0.2, 0) is 20.1 Å². The molecule has 8 heteroatoms. The molecule has 0 unspecified atom stereocenters. The van der Waals surface area contributed by atoms with Gasteiger partial charge in [0.1, 0.15) is 17.3 Å². The number of hydrogen-bond donors (Lipinski definition) is 1. The average Bonchev–Trinajstić information content (AvgIpc) is 2.94. The minimum absolute atomic E-state index is 0.550. The second-order valence-electron chi connectivity index (χ2n) is 5.66. The molecule has 8 nitrogen and oxygen atoms in total. The minimum atomic E-state index is 0.550. The Morgan fingerprint density at radius 2 is 2.04 bits per heavy atom. The molecule has 1 N–H and O–H groups in total. The molecular formula is C17H26N6O2. The van der Waals surface area contributed by atoms with Crippen LogP contribution < -0.4 is 14.8 Å². The fourth-order valence-electron chi connectivity index (χ4n) is 2.46. The number of aryl methyl sites for hydroxylation is 1. The highest BCUT2D eigenvalue weighted by Crippen LogP contribution is 2.25. The zero-order valence-electron chi connectivity index (χ0n) is 15.7. The third kappa shape index (κ3) is 4.40. The van der Waals surface area contributed by atoms with E-state index in [4.69, 9.17) is 9.47 Å². The third-order valence-electron chi connectivity index (χ3n) is 4.06. The van der Waals surface area contributed by atoms with E-state index < -0.39 is 0 Å². The van der Waals surface area contributed by atoms with Gasteiger partial charge in [0.25, 0.3) is 0 Å². The van der Waals surface area contributed by atoms with E-state index in [-0.39, 0.29) is 0 Å². The van der Waals surface area contributed by atoms with E-state index >= 15 is 0 Å². The molecule has 136 valence electrons. The van der Waals surface area contributed by atoms with E-state index in [0.717, 1.165) is 34.7 Å². The Morgan fingerprint density at radius 3 is 2.60 bits per heavy atom. The van der Waals surface area contributed by atoms with Crippen LogP contribution in [0.4, 0.5) is 0 Å². The van der Waals surface area contributed by atoms with Gasteiger partial charge in [0.05, 0.1) is 20.8 Å². The third-order valence-corrected chi connectivity index (χ3v) is 4.06. The second-order valence-corrected chi connectivity index (χ2v) is 5.66. The molecule has 1 aromatic carbocycles. The zero-order valence-corrected chi connectivity index (χ0v) is 15.7. The maximum Gasteiger partial charge on any atom is 0.194 e. The molecule has 2 rings (SSSR count). The molecule has 0 bridgehead atoms. The molecule has 2 aromatic rings. The van der Waals surface area contributed by atoms with Crippen molar-refractivity contribution in [3.63, 3.8) is 0 Å². The van der Waals surface area contributed by atoms with Gasteiger partial charge in [-0.1, -0.05) is 0 Å². The lowest BCUT2D eigenvalue weighted by Gasteiger charge is -2.23. The molecule has 0 saturated carbocycles. The highest BCUT2D eigenvalue weighted by Gasteiger charge is 2.12. The van der Waals surface area contributed by atoms with Crippen LogP contribution in [0, 0.1) is 6.92 Å². The molecule has 0 radical (unpaired) electrons. The molecule has 0 fully saturated rings. The van der Waals surface area contributed by atoms with Crippen molar-refractivity contribution < 1.29 is 9.47 Å². The molecule has 0 aliphatic heterocycles. The van der Waals surface area contributed by atoms with Crippen molar-refractivity contribution in [1.29, 1.82) is 0 Å². The van der Waals surface area contributed by atoms with Crippen LogP contribution in [0.15, 0.2) is 23.2 Å². The summed E-state index contributed by atoms with van der Waals surface area (Å²) in [6.07, 6.45) is 0. The van der Waals surface area contributed by atoms with Gasteiger partial charge in [0, 0.05) is 39.3 Å². The summed E-state index contributed by atoms with van der Waals surface area (Å²) < 4.78 is 12.7. The van der Waals surface area contributed by atoms with Crippen LogP contribution in [0.5, 0.6) is 11.5 Å². The molecule has 0 amide bonds. The Bertz CT molecular complexity index is 741. The number of nitrogens with one attached hydrogen (secondary N) is 1. The summed E-state index contributed by atoms with van der Waals surface area (Å²) in [6, 6.07) is 5.79. The molecular weight excluding hydrogens is 320 g/mol. The predicted octanol–water partition coefficient (Wildman–Crippen LogP) is 1.35. The molecule has 0 atom stereocenters. The highest BCUT2D eigenvalue weighted by atomic mass is 16.5. The number of guanidine groups is 1. The Hall–Kier alpha value is -2.77. The minimum Gasteiger partial charge on any atom is -0.497 e. The first-order valence-electron chi connectivity index (χ1n) is 7.97. The number of benzene rings is 1. The van der Waals surface area contributed by atoms with Gasteiger partial charge in [0.2, 0.25) is 0 Å². The quantitative estimate of drug-likeness (QED) is 0.628. The van der Waals surface area contributed by atoms with Crippen LogP contribution in [0.3, 0.4) is 0 Å². The zero-order chi connectivity index (χ0) is 18.4. The molecule has 0 aliphatic rings. The van der Waals surface area contributed by atoms with Gasteiger partial charge in [-0.05, 0) is 19.1 Å². The van der Waals surface area contributed by atoms with Crippen molar-refractivity contribution in [2.24, 2.45) is 12.0 Å². The first-order valence-corrected chi connectivity index (χ1v) is 7.97. The first kappa shape index (κ1) is 18.6. The number of ether oxygens (including phenoxy) is 2. The maximum atomic E-state index is 5.46. The van der Waals surface area contributed by atoms with Crippen LogP contribution >= 0.6 is 0 Å². The smallest absolute Gasteiger partial charge is 0.194 e. The van der Waals surface area contributed by atoms with Crippen LogP contribution in [-0.4, -0.2) is 53.9 Å². The van der Waals surface area contributed by atoms with Crippen molar-refractivity contribution in [2.45, 2.75) is 20.0 Å². The summed E-state index contributed by atoms with van der Waals surface area (Å²) in [6.45, 7) is 3.12. The molecule has 0 saturated heterocycles. The Labute approximate surface area is 148 Å². The van der Waals surface area contributed by atoms with E-state index in [1.165, 1.54) is 0 Å². The van der Waals surface area contributed by atoms with Crippen molar-refractivity contribution in [1.82, 2.24) is 25.0 Å². The largest absolute Gasteiger partial charge is 0.497 e. The van der Waals surface area contributed by atoms with E-state index in [1.807, 2.05) is 48.7 Å². The summed E-state index contributed by atoms with van der Waals surface area (Å²) in [5.41, 5.74) is 1.04.